The lowest BCUT2D eigenvalue weighted by atomic mass is 10.1. The largest absolute Gasteiger partial charge is 0.481 e. The van der Waals surface area contributed by atoms with Crippen molar-refractivity contribution in [2.45, 2.75) is 13.3 Å². The maximum absolute atomic E-state index is 12.0. The molecule has 5 nitrogen and oxygen atoms in total. The number of ketones is 1. The lowest BCUT2D eigenvalue weighted by molar-refractivity contribution is -0.138. The first-order valence-corrected chi connectivity index (χ1v) is 5.70. The van der Waals surface area contributed by atoms with Crippen LogP contribution in [0.2, 0.25) is 0 Å². The van der Waals surface area contributed by atoms with Crippen LogP contribution in [-0.2, 0) is 4.79 Å². The van der Waals surface area contributed by atoms with Crippen LogP contribution in [0.1, 0.15) is 22.7 Å². The Morgan fingerprint density at radius 3 is 2.83 bits per heavy atom. The molecule has 1 heterocycles. The predicted molar refractivity (Wildman–Crippen MR) is 62.3 cm³/mol. The Morgan fingerprint density at radius 2 is 2.17 bits per heavy atom. The molecule has 2 atom stereocenters. The van der Waals surface area contributed by atoms with Gasteiger partial charge in [-0.3, -0.25) is 9.59 Å². The van der Waals surface area contributed by atoms with Crippen molar-refractivity contribution in [2.24, 2.45) is 11.8 Å². The molecule has 92 valence electrons. The van der Waals surface area contributed by atoms with Crippen molar-refractivity contribution in [3.05, 3.63) is 29.7 Å². The molecule has 18 heavy (non-hydrogen) atoms. The first-order valence-electron chi connectivity index (χ1n) is 5.70. The molecule has 0 saturated heterocycles. The number of benzene rings is 1. The van der Waals surface area contributed by atoms with Crippen molar-refractivity contribution >= 4 is 22.9 Å². The summed E-state index contributed by atoms with van der Waals surface area (Å²) in [6.45, 7) is 1.74. The van der Waals surface area contributed by atoms with Crippen LogP contribution in [0.4, 0.5) is 0 Å². The van der Waals surface area contributed by atoms with Gasteiger partial charge in [0.15, 0.2) is 17.3 Å². The summed E-state index contributed by atoms with van der Waals surface area (Å²) in [6.07, 6.45) is 0.432. The van der Waals surface area contributed by atoms with Crippen LogP contribution in [0.25, 0.3) is 11.1 Å². The number of carbonyl (C=O) groups is 2. The molecule has 0 aliphatic heterocycles. The number of rotatable bonds is 3. The molecule has 1 aromatic heterocycles. The van der Waals surface area contributed by atoms with Gasteiger partial charge in [-0.25, -0.2) is 4.98 Å². The number of carboxylic acid groups (broad SMARTS) is 1. The Hall–Kier alpha value is -2.17. The van der Waals surface area contributed by atoms with E-state index in [-0.39, 0.29) is 11.7 Å². The monoisotopic (exact) mass is 245 g/mol. The van der Waals surface area contributed by atoms with Gasteiger partial charge in [-0.15, -0.1) is 0 Å². The lowest BCUT2D eigenvalue weighted by Gasteiger charge is -1.98. The van der Waals surface area contributed by atoms with Crippen molar-refractivity contribution in [2.75, 3.05) is 0 Å². The molecule has 3 rings (SSSR count). The molecule has 0 bridgehead atoms. The van der Waals surface area contributed by atoms with E-state index in [9.17, 15) is 9.59 Å². The summed E-state index contributed by atoms with van der Waals surface area (Å²) in [5.74, 6) is -1.39. The van der Waals surface area contributed by atoms with Crippen LogP contribution >= 0.6 is 0 Å². The fourth-order valence-corrected chi connectivity index (χ4v) is 2.16. The van der Waals surface area contributed by atoms with E-state index in [1.807, 2.05) is 0 Å². The van der Waals surface area contributed by atoms with E-state index in [4.69, 9.17) is 9.52 Å². The fraction of sp³-hybridized carbons (Fsp3) is 0.308. The van der Waals surface area contributed by atoms with Crippen molar-refractivity contribution in [3.63, 3.8) is 0 Å². The van der Waals surface area contributed by atoms with E-state index in [0.29, 0.717) is 29.0 Å². The zero-order valence-corrected chi connectivity index (χ0v) is 9.71. The van der Waals surface area contributed by atoms with Gasteiger partial charge >= 0.3 is 5.97 Å². The number of carbonyl (C=O) groups excluding carboxylic acids is 1. The summed E-state index contributed by atoms with van der Waals surface area (Å²) >= 11 is 0. The molecule has 1 fully saturated rings. The van der Waals surface area contributed by atoms with Crippen molar-refractivity contribution < 1.29 is 19.1 Å². The number of aromatic nitrogens is 1. The third-order valence-corrected chi connectivity index (χ3v) is 3.22. The molecular formula is C13H11NO4. The molecule has 2 aromatic rings. The van der Waals surface area contributed by atoms with Gasteiger partial charge in [0, 0.05) is 18.4 Å². The number of hydrogen-bond donors (Lipinski definition) is 1. The van der Waals surface area contributed by atoms with Gasteiger partial charge < -0.3 is 9.52 Å². The highest BCUT2D eigenvalue weighted by Crippen LogP contribution is 2.41. The van der Waals surface area contributed by atoms with E-state index in [2.05, 4.69) is 4.98 Å². The van der Waals surface area contributed by atoms with Crippen LogP contribution in [0, 0.1) is 18.8 Å². The Bertz CT molecular complexity index is 658. The van der Waals surface area contributed by atoms with E-state index >= 15 is 0 Å². The standard InChI is InChI=1S/C13H11NO4/c1-6-14-10-3-2-7(4-11(10)18-6)12(15)8-5-9(8)13(16)17/h2-4,8-9H,5H2,1H3,(H,16,17). The highest BCUT2D eigenvalue weighted by molar-refractivity contribution is 6.04. The number of Topliss-reactive ketones (excluding diaryl/α,β-unsaturated/α-hetero) is 1. The molecule has 1 aliphatic rings. The minimum absolute atomic E-state index is 0.127. The zero-order chi connectivity index (χ0) is 12.9. The van der Waals surface area contributed by atoms with Crippen molar-refractivity contribution in [3.8, 4) is 0 Å². The van der Waals surface area contributed by atoms with Gasteiger partial charge in [0.25, 0.3) is 0 Å². The van der Waals surface area contributed by atoms with Gasteiger partial charge in [-0.1, -0.05) is 0 Å². The Labute approximate surface area is 102 Å². The van der Waals surface area contributed by atoms with Gasteiger partial charge in [0.05, 0.1) is 5.92 Å². The van der Waals surface area contributed by atoms with Crippen molar-refractivity contribution in [1.29, 1.82) is 0 Å². The summed E-state index contributed by atoms with van der Waals surface area (Å²) < 4.78 is 5.35. The van der Waals surface area contributed by atoms with Gasteiger partial charge in [-0.2, -0.15) is 0 Å². The molecule has 1 aromatic carbocycles. The van der Waals surface area contributed by atoms with Crippen LogP contribution in [0.5, 0.6) is 0 Å². The number of aliphatic carboxylic acids is 1. The van der Waals surface area contributed by atoms with Crippen LogP contribution < -0.4 is 0 Å². The Morgan fingerprint density at radius 1 is 1.39 bits per heavy atom. The SMILES string of the molecule is Cc1nc2ccc(C(=O)C3CC3C(=O)O)cc2o1. The summed E-state index contributed by atoms with van der Waals surface area (Å²) in [5, 5.41) is 8.81. The quantitative estimate of drug-likeness (QED) is 0.837. The average molecular weight is 245 g/mol. The molecule has 5 heteroatoms. The smallest absolute Gasteiger partial charge is 0.307 e. The van der Waals surface area contributed by atoms with Crippen LogP contribution in [0.15, 0.2) is 22.6 Å². The van der Waals surface area contributed by atoms with E-state index in [1.165, 1.54) is 0 Å². The average Bonchev–Trinajstić information content (AvgIpc) is 3.03. The molecule has 0 spiro atoms. The van der Waals surface area contributed by atoms with Crippen LogP contribution in [0.3, 0.4) is 0 Å². The molecule has 1 N–H and O–H groups in total. The number of nitrogens with zero attached hydrogens (tertiary/aromatic N) is 1. The maximum Gasteiger partial charge on any atom is 0.307 e. The van der Waals surface area contributed by atoms with Crippen molar-refractivity contribution in [1.82, 2.24) is 4.98 Å². The van der Waals surface area contributed by atoms with Crippen LogP contribution in [-0.4, -0.2) is 21.8 Å². The molecular weight excluding hydrogens is 234 g/mol. The zero-order valence-electron chi connectivity index (χ0n) is 9.71. The molecule has 1 aliphatic carbocycles. The minimum Gasteiger partial charge on any atom is -0.481 e. The highest BCUT2D eigenvalue weighted by Gasteiger charge is 2.48. The second-order valence-corrected chi connectivity index (χ2v) is 4.57. The highest BCUT2D eigenvalue weighted by atomic mass is 16.4. The first-order chi connectivity index (χ1) is 8.56. The number of fused-ring (bicyclic) bond motifs is 1. The normalized spacial score (nSPS) is 22.1. The predicted octanol–water partition coefficient (Wildman–Crippen LogP) is 2.04. The molecule has 0 amide bonds. The van der Waals surface area contributed by atoms with E-state index in [0.717, 1.165) is 0 Å². The topological polar surface area (TPSA) is 80.4 Å². The number of oxazole rings is 1. The molecule has 0 radical (unpaired) electrons. The molecule has 2 unspecified atom stereocenters. The van der Waals surface area contributed by atoms with Gasteiger partial charge in [0.1, 0.15) is 5.52 Å². The van der Waals surface area contributed by atoms with Gasteiger partial charge in [-0.05, 0) is 24.6 Å². The Kier molecular flexibility index (Phi) is 2.23. The summed E-state index contributed by atoms with van der Waals surface area (Å²) in [4.78, 5) is 26.9. The second kappa shape index (κ2) is 3.66. The third kappa shape index (κ3) is 1.68. The number of carboxylic acids is 1. The fourth-order valence-electron chi connectivity index (χ4n) is 2.16. The van der Waals surface area contributed by atoms with E-state index in [1.54, 1.807) is 25.1 Å². The first kappa shape index (κ1) is 11.0. The number of aryl methyl sites for hydroxylation is 1. The lowest BCUT2D eigenvalue weighted by Crippen LogP contribution is -2.08. The minimum atomic E-state index is -0.898. The third-order valence-electron chi connectivity index (χ3n) is 3.22. The second-order valence-electron chi connectivity index (χ2n) is 4.57. The number of hydrogen-bond acceptors (Lipinski definition) is 4. The summed E-state index contributed by atoms with van der Waals surface area (Å²) in [7, 11) is 0. The Balaban J connectivity index is 1.90. The maximum atomic E-state index is 12.0. The van der Waals surface area contributed by atoms with Gasteiger partial charge in [0.2, 0.25) is 0 Å². The van der Waals surface area contributed by atoms with E-state index < -0.39 is 11.9 Å². The molecule has 1 saturated carbocycles. The summed E-state index contributed by atoms with van der Waals surface area (Å²) in [5.41, 5.74) is 1.76. The summed E-state index contributed by atoms with van der Waals surface area (Å²) in [6, 6.07) is 5.02.